The average Bonchev–Trinajstić information content (AvgIpc) is 2.81. The van der Waals surface area contributed by atoms with Crippen LogP contribution in [-0.2, 0) is 14.4 Å². The highest BCUT2D eigenvalue weighted by Gasteiger charge is 2.32. The van der Waals surface area contributed by atoms with Crippen LogP contribution in [0.5, 0.6) is 0 Å². The molecule has 0 aromatic heterocycles. The van der Waals surface area contributed by atoms with Gasteiger partial charge in [-0.1, -0.05) is 60.7 Å². The number of rotatable bonds is 7. The summed E-state index contributed by atoms with van der Waals surface area (Å²) >= 11 is 0. The zero-order valence-electron chi connectivity index (χ0n) is 17.0. The topological polar surface area (TPSA) is 86.9 Å². The summed E-state index contributed by atoms with van der Waals surface area (Å²) in [7, 11) is 0. The smallest absolute Gasteiger partial charge is 0.318 e. The summed E-state index contributed by atoms with van der Waals surface area (Å²) in [6.45, 7) is 2.66. The fourth-order valence-electron chi connectivity index (χ4n) is 3.79. The molecule has 0 radical (unpaired) electrons. The molecule has 0 saturated carbocycles. The lowest BCUT2D eigenvalue weighted by Crippen LogP contribution is -2.54. The van der Waals surface area contributed by atoms with Gasteiger partial charge in [-0.15, -0.1) is 0 Å². The molecule has 3 amide bonds. The molecule has 2 aromatic rings. The number of hydrogen-bond acceptors (Lipinski definition) is 5. The van der Waals surface area contributed by atoms with Gasteiger partial charge in [-0.05, 0) is 24.1 Å². The van der Waals surface area contributed by atoms with Gasteiger partial charge < -0.3 is 10.6 Å². The summed E-state index contributed by atoms with van der Waals surface area (Å²) in [4.78, 5) is 40.9. The van der Waals surface area contributed by atoms with E-state index in [1.54, 1.807) is 0 Å². The Bertz CT molecular complexity index is 797. The first-order valence-corrected chi connectivity index (χ1v) is 10.2. The second-order valence-corrected chi connectivity index (χ2v) is 7.30. The predicted molar refractivity (Wildman–Crippen MR) is 114 cm³/mol. The Kier molecular flexibility index (Phi) is 7.70. The van der Waals surface area contributed by atoms with Gasteiger partial charge in [0.15, 0.2) is 0 Å². The molecule has 0 atom stereocenters. The van der Waals surface area contributed by atoms with Crippen molar-refractivity contribution in [1.82, 2.24) is 14.7 Å². The number of hydrogen-bond donors (Lipinski definition) is 1. The lowest BCUT2D eigenvalue weighted by molar-refractivity contribution is -0.154. The zero-order chi connectivity index (χ0) is 21.3. The largest absolute Gasteiger partial charge is 0.332 e. The highest BCUT2D eigenvalue weighted by Crippen LogP contribution is 2.29. The zero-order valence-corrected chi connectivity index (χ0v) is 17.0. The number of amides is 3. The van der Waals surface area contributed by atoms with Gasteiger partial charge in [0.1, 0.15) is 0 Å². The average molecular weight is 409 g/mol. The van der Waals surface area contributed by atoms with Gasteiger partial charge in [-0.2, -0.15) is 0 Å². The molecule has 158 valence electrons. The molecule has 0 bridgehead atoms. The number of piperazine rings is 1. The fourth-order valence-corrected chi connectivity index (χ4v) is 3.79. The van der Waals surface area contributed by atoms with Gasteiger partial charge in [0.2, 0.25) is 6.41 Å². The Morgan fingerprint density at radius 3 is 1.93 bits per heavy atom. The summed E-state index contributed by atoms with van der Waals surface area (Å²) in [6, 6.07) is 20.6. The van der Waals surface area contributed by atoms with Crippen LogP contribution in [0.4, 0.5) is 0 Å². The summed E-state index contributed by atoms with van der Waals surface area (Å²) in [5, 5.41) is 0. The Morgan fingerprint density at radius 1 is 0.933 bits per heavy atom. The van der Waals surface area contributed by atoms with Crippen LogP contribution in [0.3, 0.4) is 0 Å². The third-order valence-corrected chi connectivity index (χ3v) is 5.37. The van der Waals surface area contributed by atoms with Crippen molar-refractivity contribution in [3.63, 3.8) is 0 Å². The SMILES string of the molecule is NCCCN(C=O)C(=O)C(=O)N1CCN(C(c2ccccc2)c2ccccc2)CC1. The Hall–Kier alpha value is -3.03. The van der Waals surface area contributed by atoms with Crippen LogP contribution in [0.1, 0.15) is 23.6 Å². The Balaban J connectivity index is 1.69. The second kappa shape index (κ2) is 10.7. The molecule has 1 aliphatic rings. The van der Waals surface area contributed by atoms with Gasteiger partial charge in [-0.3, -0.25) is 24.2 Å². The van der Waals surface area contributed by atoms with Crippen molar-refractivity contribution in [2.24, 2.45) is 5.73 Å². The van der Waals surface area contributed by atoms with Crippen LogP contribution in [0.25, 0.3) is 0 Å². The highest BCUT2D eigenvalue weighted by atomic mass is 16.2. The van der Waals surface area contributed by atoms with Crippen molar-refractivity contribution in [3.8, 4) is 0 Å². The molecule has 1 heterocycles. The predicted octanol–water partition coefficient (Wildman–Crippen LogP) is 1.25. The second-order valence-electron chi connectivity index (χ2n) is 7.30. The van der Waals surface area contributed by atoms with E-state index in [2.05, 4.69) is 29.2 Å². The van der Waals surface area contributed by atoms with Gasteiger partial charge in [-0.25, -0.2) is 0 Å². The van der Waals surface area contributed by atoms with Crippen LogP contribution >= 0.6 is 0 Å². The molecule has 0 unspecified atom stereocenters. The molecular weight excluding hydrogens is 380 g/mol. The number of imide groups is 1. The van der Waals surface area contributed by atoms with Crippen molar-refractivity contribution in [3.05, 3.63) is 71.8 Å². The Morgan fingerprint density at radius 2 is 1.47 bits per heavy atom. The third-order valence-electron chi connectivity index (χ3n) is 5.37. The number of carbonyl (C=O) groups is 3. The van der Waals surface area contributed by atoms with Crippen molar-refractivity contribution in [2.45, 2.75) is 12.5 Å². The third kappa shape index (κ3) is 5.11. The van der Waals surface area contributed by atoms with Crippen LogP contribution in [0, 0.1) is 0 Å². The molecule has 0 spiro atoms. The minimum absolute atomic E-state index is 0.0800. The van der Waals surface area contributed by atoms with Crippen molar-refractivity contribution in [1.29, 1.82) is 0 Å². The van der Waals surface area contributed by atoms with E-state index < -0.39 is 11.8 Å². The van der Waals surface area contributed by atoms with E-state index in [1.165, 1.54) is 16.0 Å². The first-order valence-electron chi connectivity index (χ1n) is 10.2. The normalized spacial score (nSPS) is 14.5. The van der Waals surface area contributed by atoms with Crippen molar-refractivity contribution >= 4 is 18.2 Å². The fraction of sp³-hybridized carbons (Fsp3) is 0.348. The van der Waals surface area contributed by atoms with Crippen molar-refractivity contribution in [2.75, 3.05) is 39.3 Å². The summed E-state index contributed by atoms with van der Waals surface area (Å²) in [5.74, 6) is -1.41. The molecule has 2 aromatic carbocycles. The van der Waals surface area contributed by atoms with Crippen LogP contribution in [0.2, 0.25) is 0 Å². The minimum Gasteiger partial charge on any atom is -0.332 e. The van der Waals surface area contributed by atoms with E-state index in [0.29, 0.717) is 45.6 Å². The molecule has 0 aliphatic carbocycles. The highest BCUT2D eigenvalue weighted by molar-refractivity contribution is 6.36. The maximum Gasteiger partial charge on any atom is 0.318 e. The van der Waals surface area contributed by atoms with Crippen molar-refractivity contribution < 1.29 is 14.4 Å². The standard InChI is InChI=1S/C23H28N4O3/c24-12-7-13-27(18-28)23(30)22(29)26-16-14-25(15-17-26)21(19-8-3-1-4-9-19)20-10-5-2-6-11-20/h1-6,8-11,18,21H,7,12-17,24H2. The lowest BCUT2D eigenvalue weighted by Gasteiger charge is -2.39. The van der Waals surface area contributed by atoms with Gasteiger partial charge in [0, 0.05) is 32.7 Å². The van der Waals surface area contributed by atoms with E-state index >= 15 is 0 Å². The first-order chi connectivity index (χ1) is 14.7. The molecule has 1 aliphatic heterocycles. The maximum atomic E-state index is 12.6. The lowest BCUT2D eigenvalue weighted by atomic mass is 9.96. The molecule has 1 saturated heterocycles. The molecular formula is C23H28N4O3. The summed E-state index contributed by atoms with van der Waals surface area (Å²) in [6.07, 6.45) is 0.883. The summed E-state index contributed by atoms with van der Waals surface area (Å²) in [5.41, 5.74) is 7.81. The molecule has 7 nitrogen and oxygen atoms in total. The van der Waals surface area contributed by atoms with Crippen LogP contribution < -0.4 is 5.73 Å². The van der Waals surface area contributed by atoms with Gasteiger partial charge in [0.05, 0.1) is 6.04 Å². The first kappa shape index (κ1) is 21.7. The number of benzene rings is 2. The molecule has 30 heavy (non-hydrogen) atoms. The Labute approximate surface area is 177 Å². The summed E-state index contributed by atoms with van der Waals surface area (Å²) < 4.78 is 0. The van der Waals surface area contributed by atoms with E-state index in [1.807, 2.05) is 36.4 Å². The maximum absolute atomic E-state index is 12.6. The van der Waals surface area contributed by atoms with E-state index in [4.69, 9.17) is 5.73 Å². The van der Waals surface area contributed by atoms with E-state index in [-0.39, 0.29) is 12.6 Å². The van der Waals surface area contributed by atoms with E-state index in [9.17, 15) is 14.4 Å². The molecule has 7 heteroatoms. The number of nitrogens with two attached hydrogens (primary N) is 1. The van der Waals surface area contributed by atoms with E-state index in [0.717, 1.165) is 4.90 Å². The quantitative estimate of drug-likeness (QED) is 0.550. The van der Waals surface area contributed by atoms with Gasteiger partial charge in [0.25, 0.3) is 0 Å². The van der Waals surface area contributed by atoms with Gasteiger partial charge >= 0.3 is 11.8 Å². The molecule has 2 N–H and O–H groups in total. The monoisotopic (exact) mass is 408 g/mol. The van der Waals surface area contributed by atoms with Crippen LogP contribution in [0.15, 0.2) is 60.7 Å². The number of nitrogens with zero attached hydrogens (tertiary/aromatic N) is 3. The minimum atomic E-state index is -0.783. The molecule has 1 fully saturated rings. The number of carbonyl (C=O) groups excluding carboxylic acids is 3. The molecule has 3 rings (SSSR count). The van der Waals surface area contributed by atoms with Crippen LogP contribution in [-0.4, -0.2) is 72.2 Å².